The lowest BCUT2D eigenvalue weighted by molar-refractivity contribution is -0.384. The van der Waals surface area contributed by atoms with Gasteiger partial charge in [0, 0.05) is 24.4 Å². The summed E-state index contributed by atoms with van der Waals surface area (Å²) in [6, 6.07) is 19.0. The van der Waals surface area contributed by atoms with Gasteiger partial charge < -0.3 is 10.1 Å². The molecular weight excluding hydrogens is 358 g/mol. The van der Waals surface area contributed by atoms with Gasteiger partial charge in [-0.1, -0.05) is 30.3 Å². The molecule has 3 aromatic rings. The SMILES string of the molecule is O=C(/C=C/c1ccc([N+](=O)[O-])cc1)Nc1ncccc1OCc1ccccc1. The van der Waals surface area contributed by atoms with Gasteiger partial charge in [-0.2, -0.15) is 0 Å². The number of hydrogen-bond donors (Lipinski definition) is 1. The van der Waals surface area contributed by atoms with E-state index in [1.54, 1.807) is 36.5 Å². The van der Waals surface area contributed by atoms with E-state index in [1.165, 1.54) is 18.2 Å². The maximum absolute atomic E-state index is 12.2. The fourth-order valence-corrected chi connectivity index (χ4v) is 2.37. The third kappa shape index (κ3) is 5.25. The fourth-order valence-electron chi connectivity index (χ4n) is 2.37. The summed E-state index contributed by atoms with van der Waals surface area (Å²) in [5, 5.41) is 13.3. The Bertz CT molecular complexity index is 986. The molecule has 2 aromatic carbocycles. The lowest BCUT2D eigenvalue weighted by Crippen LogP contribution is -2.11. The van der Waals surface area contributed by atoms with E-state index in [0.717, 1.165) is 5.56 Å². The van der Waals surface area contributed by atoms with Crippen molar-refractivity contribution in [3.05, 3.63) is 100 Å². The number of nitrogens with one attached hydrogen (secondary N) is 1. The second-order valence-electron chi connectivity index (χ2n) is 5.80. The zero-order chi connectivity index (χ0) is 19.8. The number of carbonyl (C=O) groups excluding carboxylic acids is 1. The number of rotatable bonds is 7. The average molecular weight is 375 g/mol. The quantitative estimate of drug-likeness (QED) is 0.379. The second-order valence-corrected chi connectivity index (χ2v) is 5.80. The molecule has 1 heterocycles. The smallest absolute Gasteiger partial charge is 0.269 e. The van der Waals surface area contributed by atoms with Crippen LogP contribution in [0.5, 0.6) is 5.75 Å². The number of non-ortho nitro benzene ring substituents is 1. The first-order valence-electron chi connectivity index (χ1n) is 8.47. The zero-order valence-electron chi connectivity index (χ0n) is 14.8. The van der Waals surface area contributed by atoms with Crippen molar-refractivity contribution in [2.75, 3.05) is 5.32 Å². The van der Waals surface area contributed by atoms with Gasteiger partial charge in [0.2, 0.25) is 5.91 Å². The van der Waals surface area contributed by atoms with Gasteiger partial charge in [-0.3, -0.25) is 14.9 Å². The van der Waals surface area contributed by atoms with E-state index < -0.39 is 4.92 Å². The van der Waals surface area contributed by atoms with Crippen LogP contribution in [-0.2, 0) is 11.4 Å². The molecule has 0 unspecified atom stereocenters. The van der Waals surface area contributed by atoms with Crippen LogP contribution < -0.4 is 10.1 Å². The molecule has 0 saturated carbocycles. The number of pyridine rings is 1. The second kappa shape index (κ2) is 9.09. The maximum atomic E-state index is 12.2. The Morgan fingerprint density at radius 2 is 1.82 bits per heavy atom. The Hall–Kier alpha value is -4.00. The standard InChI is InChI=1S/C21H17N3O4/c25-20(13-10-16-8-11-18(12-9-16)24(26)27)23-21-19(7-4-14-22-21)28-15-17-5-2-1-3-6-17/h1-14H,15H2,(H,22,23,25)/b13-10+. The first-order valence-corrected chi connectivity index (χ1v) is 8.47. The summed E-state index contributed by atoms with van der Waals surface area (Å²) in [5.74, 6) is 0.391. The average Bonchev–Trinajstić information content (AvgIpc) is 2.72. The number of benzene rings is 2. The molecule has 1 amide bonds. The summed E-state index contributed by atoms with van der Waals surface area (Å²) in [7, 11) is 0. The highest BCUT2D eigenvalue weighted by Crippen LogP contribution is 2.22. The topological polar surface area (TPSA) is 94.4 Å². The maximum Gasteiger partial charge on any atom is 0.269 e. The molecule has 7 heteroatoms. The van der Waals surface area contributed by atoms with Gasteiger partial charge in [-0.05, 0) is 41.5 Å². The zero-order valence-corrected chi connectivity index (χ0v) is 14.8. The van der Waals surface area contributed by atoms with Crippen LogP contribution in [0.4, 0.5) is 11.5 Å². The molecule has 7 nitrogen and oxygen atoms in total. The van der Waals surface area contributed by atoms with E-state index in [4.69, 9.17) is 4.74 Å². The summed E-state index contributed by atoms with van der Waals surface area (Å²) >= 11 is 0. The number of carbonyl (C=O) groups is 1. The number of ether oxygens (including phenoxy) is 1. The molecule has 0 aliphatic rings. The van der Waals surface area contributed by atoms with Crippen LogP contribution in [0.2, 0.25) is 0 Å². The predicted molar refractivity (Wildman–Crippen MR) is 106 cm³/mol. The van der Waals surface area contributed by atoms with Gasteiger partial charge in [-0.25, -0.2) is 4.98 Å². The monoisotopic (exact) mass is 375 g/mol. The molecule has 0 fully saturated rings. The third-order valence-corrected chi connectivity index (χ3v) is 3.78. The van der Waals surface area contributed by atoms with E-state index in [0.29, 0.717) is 23.7 Å². The number of anilines is 1. The van der Waals surface area contributed by atoms with Crippen molar-refractivity contribution in [2.45, 2.75) is 6.61 Å². The van der Waals surface area contributed by atoms with E-state index in [-0.39, 0.29) is 11.6 Å². The van der Waals surface area contributed by atoms with Crippen LogP contribution >= 0.6 is 0 Å². The Kier molecular flexibility index (Phi) is 6.10. The third-order valence-electron chi connectivity index (χ3n) is 3.78. The Balaban J connectivity index is 1.62. The van der Waals surface area contributed by atoms with Crippen molar-refractivity contribution in [2.24, 2.45) is 0 Å². The molecule has 0 bridgehead atoms. The van der Waals surface area contributed by atoms with Crippen molar-refractivity contribution in [1.29, 1.82) is 0 Å². The van der Waals surface area contributed by atoms with Crippen LogP contribution in [0.3, 0.4) is 0 Å². The van der Waals surface area contributed by atoms with E-state index in [9.17, 15) is 14.9 Å². The van der Waals surface area contributed by atoms with E-state index in [2.05, 4.69) is 10.3 Å². The van der Waals surface area contributed by atoms with Crippen molar-refractivity contribution in [1.82, 2.24) is 4.98 Å². The van der Waals surface area contributed by atoms with Crippen LogP contribution in [0.15, 0.2) is 79.0 Å². The fraction of sp³-hybridized carbons (Fsp3) is 0.0476. The summed E-state index contributed by atoms with van der Waals surface area (Å²) in [5.41, 5.74) is 1.67. The molecule has 1 aromatic heterocycles. The van der Waals surface area contributed by atoms with Gasteiger partial charge in [-0.15, -0.1) is 0 Å². The summed E-state index contributed by atoms with van der Waals surface area (Å²) < 4.78 is 5.76. The Morgan fingerprint density at radius 1 is 1.07 bits per heavy atom. The molecule has 0 spiro atoms. The molecule has 0 aliphatic heterocycles. The molecular formula is C21H17N3O4. The molecule has 28 heavy (non-hydrogen) atoms. The number of nitrogens with zero attached hydrogens (tertiary/aromatic N) is 2. The van der Waals surface area contributed by atoms with Crippen LogP contribution in [0.1, 0.15) is 11.1 Å². The number of nitro benzene ring substituents is 1. The van der Waals surface area contributed by atoms with Gasteiger partial charge in [0.05, 0.1) is 4.92 Å². The lowest BCUT2D eigenvalue weighted by Gasteiger charge is -2.10. The highest BCUT2D eigenvalue weighted by atomic mass is 16.6. The number of amides is 1. The van der Waals surface area contributed by atoms with Crippen molar-refractivity contribution in [3.63, 3.8) is 0 Å². The van der Waals surface area contributed by atoms with Crippen LogP contribution in [0, 0.1) is 10.1 Å². The first kappa shape index (κ1) is 18.8. The first-order chi connectivity index (χ1) is 13.6. The predicted octanol–water partition coefficient (Wildman–Crippen LogP) is 4.22. The number of aromatic nitrogens is 1. The van der Waals surface area contributed by atoms with Crippen molar-refractivity contribution >= 4 is 23.5 Å². The van der Waals surface area contributed by atoms with E-state index in [1.807, 2.05) is 30.3 Å². The lowest BCUT2D eigenvalue weighted by atomic mass is 10.2. The highest BCUT2D eigenvalue weighted by Gasteiger charge is 2.08. The van der Waals surface area contributed by atoms with Gasteiger partial charge in [0.25, 0.3) is 5.69 Å². The minimum Gasteiger partial charge on any atom is -0.485 e. The number of nitro groups is 1. The molecule has 1 N–H and O–H groups in total. The largest absolute Gasteiger partial charge is 0.485 e. The van der Waals surface area contributed by atoms with Crippen molar-refractivity contribution in [3.8, 4) is 5.75 Å². The van der Waals surface area contributed by atoms with Gasteiger partial charge in [0.1, 0.15) is 6.61 Å². The molecule has 0 aliphatic carbocycles. The summed E-state index contributed by atoms with van der Waals surface area (Å²) in [4.78, 5) is 26.5. The summed E-state index contributed by atoms with van der Waals surface area (Å²) in [6.07, 6.45) is 4.45. The molecule has 0 radical (unpaired) electrons. The Labute approximate surface area is 161 Å². The molecule has 3 rings (SSSR count). The van der Waals surface area contributed by atoms with Gasteiger partial charge >= 0.3 is 0 Å². The van der Waals surface area contributed by atoms with Crippen LogP contribution in [0.25, 0.3) is 6.08 Å². The minimum absolute atomic E-state index is 0.00436. The molecule has 140 valence electrons. The normalized spacial score (nSPS) is 10.6. The van der Waals surface area contributed by atoms with Crippen molar-refractivity contribution < 1.29 is 14.5 Å². The molecule has 0 saturated heterocycles. The van der Waals surface area contributed by atoms with E-state index >= 15 is 0 Å². The highest BCUT2D eigenvalue weighted by molar-refractivity contribution is 6.02. The van der Waals surface area contributed by atoms with Gasteiger partial charge in [0.15, 0.2) is 11.6 Å². The van der Waals surface area contributed by atoms with Crippen LogP contribution in [-0.4, -0.2) is 15.8 Å². The molecule has 0 atom stereocenters. The summed E-state index contributed by atoms with van der Waals surface area (Å²) in [6.45, 7) is 0.355. The number of hydrogen-bond acceptors (Lipinski definition) is 5. The Morgan fingerprint density at radius 3 is 2.54 bits per heavy atom. The minimum atomic E-state index is -0.474.